The number of alkyl halides is 4. The minimum Gasteiger partial charge on any atom is -0.465 e. The maximum Gasteiger partial charge on any atom is 0.573 e. The Hall–Kier alpha value is -0.580. The molecule has 0 aliphatic rings. The third kappa shape index (κ3) is 3.97. The van der Waals surface area contributed by atoms with Crippen LogP contribution in [0.5, 0.6) is 5.75 Å². The molecule has 100 valence electrons. The first-order valence-electron chi connectivity index (χ1n) is 4.38. The van der Waals surface area contributed by atoms with Crippen LogP contribution in [0.1, 0.15) is 16.1 Å². The summed E-state index contributed by atoms with van der Waals surface area (Å²) in [6.45, 7) is 0. The lowest BCUT2D eigenvalue weighted by Gasteiger charge is -2.15. The van der Waals surface area contributed by atoms with Crippen molar-refractivity contribution in [3.63, 3.8) is 0 Å². The number of ether oxygens (including phenoxy) is 2. The van der Waals surface area contributed by atoms with E-state index in [9.17, 15) is 18.0 Å². The van der Waals surface area contributed by atoms with Gasteiger partial charge in [0.25, 0.3) is 0 Å². The van der Waals surface area contributed by atoms with E-state index in [2.05, 4.69) is 30.4 Å². The van der Waals surface area contributed by atoms with Crippen LogP contribution in [0.4, 0.5) is 13.2 Å². The van der Waals surface area contributed by atoms with Crippen LogP contribution in [0.25, 0.3) is 0 Å². The van der Waals surface area contributed by atoms with Gasteiger partial charge in [-0.2, -0.15) is 0 Å². The fourth-order valence-corrected chi connectivity index (χ4v) is 2.12. The Morgan fingerprint density at radius 1 is 1.56 bits per heavy atom. The van der Waals surface area contributed by atoms with Gasteiger partial charge in [-0.25, -0.2) is 9.78 Å². The molecule has 0 aliphatic carbocycles. The Balaban J connectivity index is 3.38. The fourth-order valence-electron chi connectivity index (χ4n) is 1.13. The summed E-state index contributed by atoms with van der Waals surface area (Å²) in [6, 6.07) is 1.17. The maximum absolute atomic E-state index is 12.3. The van der Waals surface area contributed by atoms with Crippen molar-refractivity contribution in [2.24, 2.45) is 0 Å². The van der Waals surface area contributed by atoms with Gasteiger partial charge in [-0.1, -0.05) is 15.9 Å². The molecular formula is C9H6BrF3INO3. The molecule has 0 aromatic carbocycles. The zero-order valence-corrected chi connectivity index (χ0v) is 12.6. The van der Waals surface area contributed by atoms with E-state index in [1.807, 2.05) is 0 Å². The highest BCUT2D eigenvalue weighted by Gasteiger charge is 2.35. The zero-order chi connectivity index (χ0) is 13.9. The number of carbonyl (C=O) groups excluding carboxylic acids is 1. The zero-order valence-electron chi connectivity index (χ0n) is 8.85. The number of pyridine rings is 1. The number of carbonyl (C=O) groups is 1. The van der Waals surface area contributed by atoms with Gasteiger partial charge in [0.1, 0.15) is 9.26 Å². The summed E-state index contributed by atoms with van der Waals surface area (Å²) in [7, 11) is 1.07. The highest BCUT2D eigenvalue weighted by molar-refractivity contribution is 14.1. The third-order valence-corrected chi connectivity index (χ3v) is 2.85. The number of halogens is 5. The van der Waals surface area contributed by atoms with Crippen LogP contribution < -0.4 is 4.74 Å². The molecule has 1 aromatic rings. The Kier molecular flexibility index (Phi) is 5.20. The van der Waals surface area contributed by atoms with E-state index in [4.69, 9.17) is 0 Å². The van der Waals surface area contributed by atoms with E-state index in [-0.39, 0.29) is 16.6 Å². The molecule has 9 heteroatoms. The summed E-state index contributed by atoms with van der Waals surface area (Å²) in [4.78, 5) is 15.3. The molecule has 0 saturated carbocycles. The van der Waals surface area contributed by atoms with Gasteiger partial charge in [-0.05, 0) is 28.7 Å². The average Bonchev–Trinajstić information content (AvgIpc) is 2.28. The topological polar surface area (TPSA) is 48.4 Å². The van der Waals surface area contributed by atoms with Gasteiger partial charge in [-0.15, -0.1) is 13.2 Å². The van der Waals surface area contributed by atoms with Gasteiger partial charge in [0, 0.05) is 5.33 Å². The second-order valence-corrected chi connectivity index (χ2v) is 4.61. The first kappa shape index (κ1) is 15.5. The number of esters is 1. The van der Waals surface area contributed by atoms with Crippen molar-refractivity contribution in [1.29, 1.82) is 0 Å². The maximum atomic E-state index is 12.3. The van der Waals surface area contributed by atoms with Crippen molar-refractivity contribution in [3.05, 3.63) is 21.0 Å². The van der Waals surface area contributed by atoms with E-state index in [1.165, 1.54) is 6.07 Å². The highest BCUT2D eigenvalue weighted by Crippen LogP contribution is 2.31. The lowest BCUT2D eigenvalue weighted by atomic mass is 10.2. The van der Waals surface area contributed by atoms with Crippen molar-refractivity contribution in [1.82, 2.24) is 4.98 Å². The molecule has 0 bridgehead atoms. The van der Waals surface area contributed by atoms with Gasteiger partial charge in [0.15, 0.2) is 5.75 Å². The van der Waals surface area contributed by atoms with Crippen LogP contribution in [0.15, 0.2) is 6.07 Å². The summed E-state index contributed by atoms with van der Waals surface area (Å²) in [5, 5.41) is 0.0131. The van der Waals surface area contributed by atoms with E-state index in [1.54, 1.807) is 22.6 Å². The number of methoxy groups -OCH3 is 1. The normalized spacial score (nSPS) is 11.2. The van der Waals surface area contributed by atoms with Crippen molar-refractivity contribution in [3.8, 4) is 5.75 Å². The number of hydrogen-bond donors (Lipinski definition) is 0. The van der Waals surface area contributed by atoms with Gasteiger partial charge in [0.05, 0.1) is 12.8 Å². The standard InChI is InChI=1S/C9H6BrF3INO3/c1-17-8(16)4-2-6(14)15-5(3-10)7(4)18-9(11,12)13/h2H,3H2,1H3. The number of nitrogens with zero attached hydrogens (tertiary/aromatic N) is 1. The molecule has 0 radical (unpaired) electrons. The molecule has 0 atom stereocenters. The minimum absolute atomic E-state index is 0.0131. The van der Waals surface area contributed by atoms with Gasteiger partial charge in [0.2, 0.25) is 0 Å². The van der Waals surface area contributed by atoms with Crippen LogP contribution in [0.2, 0.25) is 0 Å². The second-order valence-electron chi connectivity index (χ2n) is 2.94. The Morgan fingerprint density at radius 3 is 2.61 bits per heavy atom. The molecule has 1 aromatic heterocycles. The first-order chi connectivity index (χ1) is 8.28. The summed E-state index contributed by atoms with van der Waals surface area (Å²) in [5.41, 5.74) is -0.344. The van der Waals surface area contributed by atoms with Crippen molar-refractivity contribution >= 4 is 44.5 Å². The predicted molar refractivity (Wildman–Crippen MR) is 67.6 cm³/mol. The molecule has 0 saturated heterocycles. The molecule has 0 spiro atoms. The summed E-state index contributed by atoms with van der Waals surface area (Å²) >= 11 is 4.77. The van der Waals surface area contributed by atoms with Crippen molar-refractivity contribution in [2.75, 3.05) is 7.11 Å². The molecular weight excluding hydrogens is 434 g/mol. The lowest BCUT2D eigenvalue weighted by Crippen LogP contribution is -2.21. The van der Waals surface area contributed by atoms with Crippen LogP contribution in [-0.2, 0) is 10.1 Å². The average molecular weight is 440 g/mol. The van der Waals surface area contributed by atoms with E-state index in [0.29, 0.717) is 3.70 Å². The van der Waals surface area contributed by atoms with Crippen LogP contribution >= 0.6 is 38.5 Å². The summed E-state index contributed by atoms with van der Waals surface area (Å²) in [6.07, 6.45) is -4.91. The molecule has 0 amide bonds. The van der Waals surface area contributed by atoms with Crippen molar-refractivity contribution in [2.45, 2.75) is 11.7 Å². The summed E-state index contributed by atoms with van der Waals surface area (Å²) < 4.78 is 45.5. The van der Waals surface area contributed by atoms with E-state index in [0.717, 1.165) is 7.11 Å². The Morgan fingerprint density at radius 2 is 2.17 bits per heavy atom. The molecule has 1 heterocycles. The third-order valence-electron chi connectivity index (χ3n) is 1.76. The molecule has 0 fully saturated rings. The SMILES string of the molecule is COC(=O)c1cc(I)nc(CBr)c1OC(F)(F)F. The summed E-state index contributed by atoms with van der Waals surface area (Å²) in [5.74, 6) is -1.57. The predicted octanol–water partition coefficient (Wildman–Crippen LogP) is 3.27. The highest BCUT2D eigenvalue weighted by atomic mass is 127. The largest absolute Gasteiger partial charge is 0.573 e. The van der Waals surface area contributed by atoms with Gasteiger partial charge < -0.3 is 9.47 Å². The molecule has 1 rings (SSSR count). The monoisotopic (exact) mass is 439 g/mol. The molecule has 0 N–H and O–H groups in total. The quantitative estimate of drug-likeness (QED) is 0.314. The fraction of sp³-hybridized carbons (Fsp3) is 0.333. The smallest absolute Gasteiger partial charge is 0.465 e. The number of hydrogen-bond acceptors (Lipinski definition) is 4. The number of aromatic nitrogens is 1. The first-order valence-corrected chi connectivity index (χ1v) is 6.58. The van der Waals surface area contributed by atoms with Crippen LogP contribution in [0.3, 0.4) is 0 Å². The Bertz CT molecular complexity index is 467. The minimum atomic E-state index is -4.91. The molecule has 0 aliphatic heterocycles. The molecule has 18 heavy (non-hydrogen) atoms. The van der Waals surface area contributed by atoms with Crippen LogP contribution in [-0.4, -0.2) is 24.4 Å². The van der Waals surface area contributed by atoms with E-state index < -0.39 is 18.1 Å². The van der Waals surface area contributed by atoms with E-state index >= 15 is 0 Å². The number of rotatable bonds is 3. The van der Waals surface area contributed by atoms with Crippen molar-refractivity contribution < 1.29 is 27.4 Å². The van der Waals surface area contributed by atoms with Gasteiger partial charge in [-0.3, -0.25) is 0 Å². The molecule has 0 unspecified atom stereocenters. The molecule has 4 nitrogen and oxygen atoms in total. The Labute approximate surface area is 122 Å². The van der Waals surface area contributed by atoms with Gasteiger partial charge >= 0.3 is 12.3 Å². The second kappa shape index (κ2) is 6.04. The lowest BCUT2D eigenvalue weighted by molar-refractivity contribution is -0.275. The van der Waals surface area contributed by atoms with Crippen LogP contribution in [0, 0.1) is 3.70 Å².